The first kappa shape index (κ1) is 10.4. The van der Waals surface area contributed by atoms with E-state index in [2.05, 4.69) is 10.2 Å². The van der Waals surface area contributed by atoms with Crippen molar-refractivity contribution >= 4 is 11.9 Å². The number of hydrogen-bond donors (Lipinski definition) is 1. The van der Waals surface area contributed by atoms with Crippen LogP contribution in [0.2, 0.25) is 0 Å². The summed E-state index contributed by atoms with van der Waals surface area (Å²) in [4.78, 5) is 27.1. The number of carbonyl (C=O) groups is 2. The Bertz CT molecular complexity index is 305. The van der Waals surface area contributed by atoms with Gasteiger partial charge in [-0.2, -0.15) is 0 Å². The molecule has 2 fully saturated rings. The van der Waals surface area contributed by atoms with Gasteiger partial charge in [0.1, 0.15) is 5.54 Å². The zero-order valence-corrected chi connectivity index (χ0v) is 9.25. The standard InChI is InChI=1S/C10H17N3O2/c1-12-6-3-4-10(5-7-12)8(14)11-9(15)13(10)2/h3-7H2,1-2H3,(H,11,14,15). The minimum Gasteiger partial charge on any atom is -0.313 e. The van der Waals surface area contributed by atoms with Gasteiger partial charge in [0.25, 0.3) is 5.91 Å². The zero-order valence-electron chi connectivity index (χ0n) is 9.25. The van der Waals surface area contributed by atoms with Crippen molar-refractivity contribution in [2.75, 3.05) is 27.2 Å². The van der Waals surface area contributed by atoms with E-state index in [1.54, 1.807) is 11.9 Å². The van der Waals surface area contributed by atoms with Gasteiger partial charge in [-0.05, 0) is 32.9 Å². The summed E-state index contributed by atoms with van der Waals surface area (Å²) in [6, 6.07) is -0.260. The maximum Gasteiger partial charge on any atom is 0.324 e. The van der Waals surface area contributed by atoms with Crippen molar-refractivity contribution in [1.29, 1.82) is 0 Å². The first-order valence-electron chi connectivity index (χ1n) is 5.34. The molecule has 1 spiro atoms. The maximum absolute atomic E-state index is 11.8. The molecule has 5 nitrogen and oxygen atoms in total. The van der Waals surface area contributed by atoms with Crippen molar-refractivity contribution in [2.24, 2.45) is 0 Å². The third-order valence-corrected chi connectivity index (χ3v) is 3.63. The van der Waals surface area contributed by atoms with Crippen LogP contribution in [0.4, 0.5) is 4.79 Å². The Balaban J connectivity index is 2.24. The van der Waals surface area contributed by atoms with Crippen molar-refractivity contribution in [3.05, 3.63) is 0 Å². The fraction of sp³-hybridized carbons (Fsp3) is 0.800. The van der Waals surface area contributed by atoms with Gasteiger partial charge in [0.2, 0.25) is 0 Å². The lowest BCUT2D eigenvalue weighted by Gasteiger charge is -2.31. The molecule has 0 radical (unpaired) electrons. The summed E-state index contributed by atoms with van der Waals surface area (Å²) < 4.78 is 0. The smallest absolute Gasteiger partial charge is 0.313 e. The van der Waals surface area contributed by atoms with Crippen molar-refractivity contribution < 1.29 is 9.59 Å². The molecule has 5 heteroatoms. The number of carbonyl (C=O) groups excluding carboxylic acids is 2. The van der Waals surface area contributed by atoms with E-state index >= 15 is 0 Å². The second kappa shape index (κ2) is 3.48. The van der Waals surface area contributed by atoms with Crippen LogP contribution in [0.1, 0.15) is 19.3 Å². The number of hydrogen-bond acceptors (Lipinski definition) is 3. The molecule has 2 rings (SSSR count). The molecule has 1 N–H and O–H groups in total. The summed E-state index contributed by atoms with van der Waals surface area (Å²) in [7, 11) is 3.76. The summed E-state index contributed by atoms with van der Waals surface area (Å²) in [5.41, 5.74) is -0.582. The fourth-order valence-corrected chi connectivity index (χ4v) is 2.46. The van der Waals surface area contributed by atoms with Crippen LogP contribution in [-0.4, -0.2) is 54.5 Å². The van der Waals surface area contributed by atoms with E-state index in [9.17, 15) is 9.59 Å². The molecule has 3 amide bonds. The molecular formula is C10H17N3O2. The van der Waals surface area contributed by atoms with Crippen molar-refractivity contribution in [3.8, 4) is 0 Å². The molecule has 2 saturated heterocycles. The van der Waals surface area contributed by atoms with Crippen LogP contribution in [0.15, 0.2) is 0 Å². The van der Waals surface area contributed by atoms with Gasteiger partial charge in [0.15, 0.2) is 0 Å². The quantitative estimate of drug-likeness (QED) is 0.575. The summed E-state index contributed by atoms with van der Waals surface area (Å²) in [6.45, 7) is 1.86. The zero-order chi connectivity index (χ0) is 11.1. The molecule has 1 atom stereocenters. The first-order valence-corrected chi connectivity index (χ1v) is 5.34. The van der Waals surface area contributed by atoms with Gasteiger partial charge in [-0.15, -0.1) is 0 Å². The van der Waals surface area contributed by atoms with Gasteiger partial charge in [0.05, 0.1) is 0 Å². The normalized spacial score (nSPS) is 33.3. The Morgan fingerprint density at radius 1 is 1.20 bits per heavy atom. The number of imide groups is 1. The van der Waals surface area contributed by atoms with Crippen LogP contribution >= 0.6 is 0 Å². The number of likely N-dealkylation sites (tertiary alicyclic amines) is 1. The molecule has 2 aliphatic rings. The highest BCUT2D eigenvalue weighted by atomic mass is 16.2. The van der Waals surface area contributed by atoms with E-state index in [1.165, 1.54) is 0 Å². The average Bonchev–Trinajstić information content (AvgIpc) is 2.39. The minimum atomic E-state index is -0.582. The van der Waals surface area contributed by atoms with E-state index in [0.29, 0.717) is 0 Å². The average molecular weight is 211 g/mol. The topological polar surface area (TPSA) is 52.7 Å². The molecule has 2 aliphatic heterocycles. The van der Waals surface area contributed by atoms with Gasteiger partial charge in [-0.25, -0.2) is 4.79 Å². The van der Waals surface area contributed by atoms with Crippen LogP contribution in [-0.2, 0) is 4.79 Å². The molecule has 0 bridgehead atoms. The second-order valence-corrected chi connectivity index (χ2v) is 4.51. The van der Waals surface area contributed by atoms with E-state index in [4.69, 9.17) is 0 Å². The summed E-state index contributed by atoms with van der Waals surface area (Å²) in [6.07, 6.45) is 2.46. The summed E-state index contributed by atoms with van der Waals surface area (Å²) in [5.74, 6) is -0.120. The SMILES string of the molecule is CN1CCCC2(CC1)C(=O)NC(=O)N2C. The number of nitrogens with one attached hydrogen (secondary N) is 1. The van der Waals surface area contributed by atoms with E-state index in [1.807, 2.05) is 7.05 Å². The molecule has 2 heterocycles. The van der Waals surface area contributed by atoms with Crippen molar-refractivity contribution in [2.45, 2.75) is 24.8 Å². The lowest BCUT2D eigenvalue weighted by Crippen LogP contribution is -2.48. The number of urea groups is 1. The van der Waals surface area contributed by atoms with Crippen LogP contribution < -0.4 is 5.32 Å². The molecule has 0 aromatic heterocycles. The molecule has 1 unspecified atom stereocenters. The van der Waals surface area contributed by atoms with Gasteiger partial charge >= 0.3 is 6.03 Å². The van der Waals surface area contributed by atoms with E-state index < -0.39 is 5.54 Å². The van der Waals surface area contributed by atoms with Crippen LogP contribution in [0.25, 0.3) is 0 Å². The Morgan fingerprint density at radius 2 is 1.93 bits per heavy atom. The Labute approximate surface area is 89.4 Å². The van der Waals surface area contributed by atoms with Crippen LogP contribution in [0, 0.1) is 0 Å². The number of amides is 3. The number of likely N-dealkylation sites (N-methyl/N-ethyl adjacent to an activating group) is 1. The third-order valence-electron chi connectivity index (χ3n) is 3.63. The maximum atomic E-state index is 11.8. The largest absolute Gasteiger partial charge is 0.324 e. The highest BCUT2D eigenvalue weighted by Gasteiger charge is 2.50. The van der Waals surface area contributed by atoms with Gasteiger partial charge < -0.3 is 9.80 Å². The Hall–Kier alpha value is -1.10. The first-order chi connectivity index (χ1) is 7.06. The van der Waals surface area contributed by atoms with Crippen LogP contribution in [0.3, 0.4) is 0 Å². The lowest BCUT2D eigenvalue weighted by molar-refractivity contribution is -0.126. The predicted octanol–water partition coefficient (Wildman–Crippen LogP) is 0.0225. The second-order valence-electron chi connectivity index (χ2n) is 4.51. The number of nitrogens with zero attached hydrogens (tertiary/aromatic N) is 2. The summed E-state index contributed by atoms with van der Waals surface area (Å²) >= 11 is 0. The molecular weight excluding hydrogens is 194 g/mol. The van der Waals surface area contributed by atoms with E-state index in [-0.39, 0.29) is 11.9 Å². The molecule has 15 heavy (non-hydrogen) atoms. The van der Waals surface area contributed by atoms with Gasteiger partial charge in [-0.3, -0.25) is 10.1 Å². The molecule has 84 valence electrons. The Kier molecular flexibility index (Phi) is 2.42. The van der Waals surface area contributed by atoms with Gasteiger partial charge in [0, 0.05) is 13.6 Å². The van der Waals surface area contributed by atoms with Crippen molar-refractivity contribution in [1.82, 2.24) is 15.1 Å². The fourth-order valence-electron chi connectivity index (χ4n) is 2.46. The minimum absolute atomic E-state index is 0.120. The predicted molar refractivity (Wildman–Crippen MR) is 55.4 cm³/mol. The monoisotopic (exact) mass is 211 g/mol. The van der Waals surface area contributed by atoms with Gasteiger partial charge in [-0.1, -0.05) is 0 Å². The third kappa shape index (κ3) is 1.51. The molecule has 0 aliphatic carbocycles. The van der Waals surface area contributed by atoms with Crippen molar-refractivity contribution in [3.63, 3.8) is 0 Å². The Morgan fingerprint density at radius 3 is 2.53 bits per heavy atom. The lowest BCUT2D eigenvalue weighted by atomic mass is 9.89. The number of rotatable bonds is 0. The highest BCUT2D eigenvalue weighted by Crippen LogP contribution is 2.31. The highest BCUT2D eigenvalue weighted by molar-refractivity contribution is 6.06. The molecule has 0 saturated carbocycles. The van der Waals surface area contributed by atoms with Crippen LogP contribution in [0.5, 0.6) is 0 Å². The molecule has 0 aromatic carbocycles. The summed E-state index contributed by atoms with van der Waals surface area (Å²) in [5, 5.41) is 2.40. The van der Waals surface area contributed by atoms with E-state index in [0.717, 1.165) is 32.4 Å². The molecule has 0 aromatic rings.